The lowest BCUT2D eigenvalue weighted by Crippen LogP contribution is -2.12. The fraction of sp³-hybridized carbons (Fsp3) is 0.833. The molecule has 9 heavy (non-hydrogen) atoms. The lowest BCUT2D eigenvalue weighted by molar-refractivity contribution is -0.118. The second kappa shape index (κ2) is 4.62. The van der Waals surface area contributed by atoms with Gasteiger partial charge in [0, 0.05) is 12.3 Å². The molecule has 0 aromatic heterocycles. The standard InChI is InChI=1S/C6H12ClNO/c1-5(4-7)2-3-6(8)9/h5H,2-4H2,1H3,(H2,8,9). The predicted octanol–water partition coefficient (Wildman–Crippen LogP) is 1.13. The Morgan fingerprint density at radius 2 is 2.33 bits per heavy atom. The van der Waals surface area contributed by atoms with E-state index in [-0.39, 0.29) is 5.91 Å². The van der Waals surface area contributed by atoms with Crippen molar-refractivity contribution >= 4 is 17.5 Å². The number of hydrogen-bond donors (Lipinski definition) is 1. The molecule has 1 amide bonds. The van der Waals surface area contributed by atoms with Crippen LogP contribution in [0.4, 0.5) is 0 Å². The molecule has 0 spiro atoms. The summed E-state index contributed by atoms with van der Waals surface area (Å²) in [5.74, 6) is 0.763. The highest BCUT2D eigenvalue weighted by Crippen LogP contribution is 2.05. The van der Waals surface area contributed by atoms with Crippen LogP contribution in [-0.2, 0) is 4.79 Å². The molecule has 0 radical (unpaired) electrons. The second-order valence-electron chi connectivity index (χ2n) is 2.26. The number of hydrogen-bond acceptors (Lipinski definition) is 1. The van der Waals surface area contributed by atoms with Crippen molar-refractivity contribution in [3.8, 4) is 0 Å². The summed E-state index contributed by atoms with van der Waals surface area (Å²) in [4.78, 5) is 10.2. The van der Waals surface area contributed by atoms with Crippen molar-refractivity contribution in [1.29, 1.82) is 0 Å². The van der Waals surface area contributed by atoms with Crippen molar-refractivity contribution in [2.45, 2.75) is 19.8 Å². The van der Waals surface area contributed by atoms with Gasteiger partial charge < -0.3 is 5.73 Å². The highest BCUT2D eigenvalue weighted by Gasteiger charge is 2.01. The van der Waals surface area contributed by atoms with Gasteiger partial charge in [-0.15, -0.1) is 11.6 Å². The number of primary amides is 1. The molecular formula is C6H12ClNO. The topological polar surface area (TPSA) is 43.1 Å². The molecule has 0 rings (SSSR count). The predicted molar refractivity (Wildman–Crippen MR) is 38.3 cm³/mol. The van der Waals surface area contributed by atoms with Crippen LogP contribution in [0.3, 0.4) is 0 Å². The fourth-order valence-electron chi connectivity index (χ4n) is 0.466. The Balaban J connectivity index is 3.16. The zero-order valence-corrected chi connectivity index (χ0v) is 6.32. The van der Waals surface area contributed by atoms with Gasteiger partial charge in [0.1, 0.15) is 0 Å². The largest absolute Gasteiger partial charge is 0.370 e. The van der Waals surface area contributed by atoms with Gasteiger partial charge in [0.25, 0.3) is 0 Å². The SMILES string of the molecule is CC(CCl)CCC(N)=O. The van der Waals surface area contributed by atoms with E-state index in [0.717, 1.165) is 6.42 Å². The third kappa shape index (κ3) is 5.63. The molecule has 1 atom stereocenters. The molecule has 0 saturated carbocycles. The summed E-state index contributed by atoms with van der Waals surface area (Å²) in [6.07, 6.45) is 1.26. The fourth-order valence-corrected chi connectivity index (χ4v) is 0.620. The second-order valence-corrected chi connectivity index (χ2v) is 2.57. The first-order valence-electron chi connectivity index (χ1n) is 3.01. The van der Waals surface area contributed by atoms with Gasteiger partial charge in [0.2, 0.25) is 5.91 Å². The number of nitrogens with two attached hydrogens (primary N) is 1. The number of alkyl halides is 1. The Labute approximate surface area is 60.4 Å². The third-order valence-electron chi connectivity index (χ3n) is 1.15. The maximum Gasteiger partial charge on any atom is 0.217 e. The molecule has 2 N–H and O–H groups in total. The molecule has 0 aliphatic carbocycles. The summed E-state index contributed by atoms with van der Waals surface area (Å²) < 4.78 is 0. The Morgan fingerprint density at radius 3 is 2.67 bits per heavy atom. The van der Waals surface area contributed by atoms with Gasteiger partial charge in [-0.05, 0) is 12.3 Å². The van der Waals surface area contributed by atoms with Gasteiger partial charge in [0.15, 0.2) is 0 Å². The van der Waals surface area contributed by atoms with E-state index in [1.54, 1.807) is 0 Å². The van der Waals surface area contributed by atoms with E-state index >= 15 is 0 Å². The molecule has 0 aliphatic rings. The van der Waals surface area contributed by atoms with E-state index in [0.29, 0.717) is 18.2 Å². The molecule has 0 bridgehead atoms. The van der Waals surface area contributed by atoms with Crippen LogP contribution in [-0.4, -0.2) is 11.8 Å². The van der Waals surface area contributed by atoms with Crippen molar-refractivity contribution in [3.63, 3.8) is 0 Å². The van der Waals surface area contributed by atoms with Crippen LogP contribution in [0.15, 0.2) is 0 Å². The maximum atomic E-state index is 10.2. The summed E-state index contributed by atoms with van der Waals surface area (Å²) in [7, 11) is 0. The van der Waals surface area contributed by atoms with Crippen molar-refractivity contribution in [3.05, 3.63) is 0 Å². The average molecular weight is 150 g/mol. The van der Waals surface area contributed by atoms with Gasteiger partial charge in [-0.3, -0.25) is 4.79 Å². The number of carbonyl (C=O) groups is 1. The molecular weight excluding hydrogens is 138 g/mol. The van der Waals surface area contributed by atoms with Crippen molar-refractivity contribution in [2.24, 2.45) is 11.7 Å². The Kier molecular flexibility index (Phi) is 4.50. The molecule has 1 unspecified atom stereocenters. The number of amides is 1. The van der Waals surface area contributed by atoms with Crippen LogP contribution < -0.4 is 5.73 Å². The van der Waals surface area contributed by atoms with Crippen LogP contribution in [0.5, 0.6) is 0 Å². The minimum Gasteiger partial charge on any atom is -0.370 e. The summed E-state index contributed by atoms with van der Waals surface area (Å²) in [6, 6.07) is 0. The molecule has 0 aromatic rings. The van der Waals surface area contributed by atoms with E-state index in [2.05, 4.69) is 0 Å². The molecule has 0 aliphatic heterocycles. The summed E-state index contributed by atoms with van der Waals surface area (Å²) >= 11 is 5.48. The van der Waals surface area contributed by atoms with Gasteiger partial charge in [-0.25, -0.2) is 0 Å². The Bertz CT molecular complexity index is 95.1. The van der Waals surface area contributed by atoms with E-state index in [1.807, 2.05) is 6.92 Å². The van der Waals surface area contributed by atoms with E-state index < -0.39 is 0 Å². The lowest BCUT2D eigenvalue weighted by Gasteiger charge is -2.02. The highest BCUT2D eigenvalue weighted by molar-refractivity contribution is 6.18. The zero-order valence-electron chi connectivity index (χ0n) is 5.56. The highest BCUT2D eigenvalue weighted by atomic mass is 35.5. The monoisotopic (exact) mass is 149 g/mol. The van der Waals surface area contributed by atoms with Crippen molar-refractivity contribution in [1.82, 2.24) is 0 Å². The Hall–Kier alpha value is -0.240. The van der Waals surface area contributed by atoms with Gasteiger partial charge >= 0.3 is 0 Å². The number of carbonyl (C=O) groups excluding carboxylic acids is 1. The van der Waals surface area contributed by atoms with Crippen LogP contribution >= 0.6 is 11.6 Å². The molecule has 0 fully saturated rings. The van der Waals surface area contributed by atoms with Crippen LogP contribution in [0.1, 0.15) is 19.8 Å². The molecule has 3 heteroatoms. The van der Waals surface area contributed by atoms with Crippen LogP contribution in [0, 0.1) is 5.92 Å². The minimum absolute atomic E-state index is 0.244. The van der Waals surface area contributed by atoms with Gasteiger partial charge in [0.05, 0.1) is 0 Å². The van der Waals surface area contributed by atoms with E-state index in [1.165, 1.54) is 0 Å². The van der Waals surface area contributed by atoms with E-state index in [9.17, 15) is 4.79 Å². The summed E-state index contributed by atoms with van der Waals surface area (Å²) in [5.41, 5.74) is 4.91. The first-order valence-corrected chi connectivity index (χ1v) is 3.54. The maximum absolute atomic E-state index is 10.2. The van der Waals surface area contributed by atoms with Crippen molar-refractivity contribution < 1.29 is 4.79 Å². The molecule has 0 saturated heterocycles. The van der Waals surface area contributed by atoms with E-state index in [4.69, 9.17) is 17.3 Å². The number of halogens is 1. The summed E-state index contributed by atoms with van der Waals surface area (Å²) in [5, 5.41) is 0. The molecule has 0 heterocycles. The summed E-state index contributed by atoms with van der Waals surface area (Å²) in [6.45, 7) is 2.00. The van der Waals surface area contributed by atoms with Gasteiger partial charge in [-0.2, -0.15) is 0 Å². The molecule has 0 aromatic carbocycles. The average Bonchev–Trinajstić information content (AvgIpc) is 1.83. The van der Waals surface area contributed by atoms with Crippen LogP contribution in [0.25, 0.3) is 0 Å². The first kappa shape index (κ1) is 8.76. The van der Waals surface area contributed by atoms with Crippen molar-refractivity contribution in [2.75, 3.05) is 5.88 Å². The van der Waals surface area contributed by atoms with Gasteiger partial charge in [-0.1, -0.05) is 6.92 Å². The Morgan fingerprint density at radius 1 is 1.78 bits per heavy atom. The molecule has 54 valence electrons. The zero-order chi connectivity index (χ0) is 7.28. The lowest BCUT2D eigenvalue weighted by atomic mass is 10.1. The number of rotatable bonds is 4. The minimum atomic E-state index is -0.244. The van der Waals surface area contributed by atoms with Crippen LogP contribution in [0.2, 0.25) is 0 Å². The smallest absolute Gasteiger partial charge is 0.217 e. The third-order valence-corrected chi connectivity index (χ3v) is 1.67. The molecule has 2 nitrogen and oxygen atoms in total. The quantitative estimate of drug-likeness (QED) is 0.599. The normalized spacial score (nSPS) is 13.1. The first-order chi connectivity index (χ1) is 4.16.